The molecule has 0 bridgehead atoms. The Morgan fingerprint density at radius 1 is 1.00 bits per heavy atom. The first-order valence-electron chi connectivity index (χ1n) is 11.2. The van der Waals surface area contributed by atoms with E-state index < -0.39 is 0 Å². The molecule has 1 heterocycles. The lowest BCUT2D eigenvalue weighted by atomic mass is 10.2. The van der Waals surface area contributed by atoms with Crippen LogP contribution < -0.4 is 15.4 Å². The number of nitrogens with zero attached hydrogens (tertiary/aromatic N) is 3. The molecule has 4 rings (SSSR count). The maximum Gasteiger partial charge on any atom is 0.251 e. The van der Waals surface area contributed by atoms with E-state index in [2.05, 4.69) is 20.8 Å². The summed E-state index contributed by atoms with van der Waals surface area (Å²) < 4.78 is 7.21. The summed E-state index contributed by atoms with van der Waals surface area (Å²) in [6.45, 7) is 2.64. The fourth-order valence-corrected chi connectivity index (χ4v) is 4.32. The number of nitrogens with one attached hydrogen (secondary N) is 2. The van der Waals surface area contributed by atoms with Gasteiger partial charge in [-0.25, -0.2) is 0 Å². The van der Waals surface area contributed by atoms with Crippen molar-refractivity contribution in [3.05, 3.63) is 95.3 Å². The van der Waals surface area contributed by atoms with Crippen LogP contribution >= 0.6 is 23.4 Å². The summed E-state index contributed by atoms with van der Waals surface area (Å²) in [6.07, 6.45) is 0. The van der Waals surface area contributed by atoms with Gasteiger partial charge in [-0.3, -0.25) is 14.2 Å². The van der Waals surface area contributed by atoms with E-state index in [-0.39, 0.29) is 24.1 Å². The van der Waals surface area contributed by atoms with Gasteiger partial charge in [0.15, 0.2) is 11.0 Å². The third-order valence-electron chi connectivity index (χ3n) is 4.99. The number of hydrogen-bond donors (Lipinski definition) is 2. The smallest absolute Gasteiger partial charge is 0.251 e. The van der Waals surface area contributed by atoms with E-state index in [1.165, 1.54) is 11.8 Å². The van der Waals surface area contributed by atoms with Crippen LogP contribution in [-0.2, 0) is 11.3 Å². The Balaban J connectivity index is 1.46. The minimum Gasteiger partial charge on any atom is -0.494 e. The number of carbonyl (C=O) groups is 2. The molecule has 3 aromatic carbocycles. The number of halogens is 1. The Morgan fingerprint density at radius 2 is 1.78 bits per heavy atom. The molecule has 0 aliphatic rings. The Kier molecular flexibility index (Phi) is 8.59. The Morgan fingerprint density at radius 3 is 2.50 bits per heavy atom. The average molecular weight is 522 g/mol. The second kappa shape index (κ2) is 12.2. The van der Waals surface area contributed by atoms with E-state index in [9.17, 15) is 9.59 Å². The number of aromatic nitrogens is 3. The highest BCUT2D eigenvalue weighted by molar-refractivity contribution is 7.99. The maximum atomic E-state index is 12.6. The van der Waals surface area contributed by atoms with Crippen LogP contribution in [-0.4, -0.2) is 38.9 Å². The second-order valence-corrected chi connectivity index (χ2v) is 8.94. The SMILES string of the molecule is CCOc1ccc(NC(=O)CSc2nnc(CNC(=O)c3ccccc3)n2-c2cccc(Cl)c2)cc1. The van der Waals surface area contributed by atoms with Crippen molar-refractivity contribution in [1.82, 2.24) is 20.1 Å². The Hall–Kier alpha value is -3.82. The zero-order valence-corrected chi connectivity index (χ0v) is 21.1. The highest BCUT2D eigenvalue weighted by Crippen LogP contribution is 2.24. The average Bonchev–Trinajstić information content (AvgIpc) is 3.30. The predicted octanol–water partition coefficient (Wildman–Crippen LogP) is 4.98. The van der Waals surface area contributed by atoms with Gasteiger partial charge < -0.3 is 15.4 Å². The van der Waals surface area contributed by atoms with Crippen molar-refractivity contribution in [2.24, 2.45) is 0 Å². The summed E-state index contributed by atoms with van der Waals surface area (Å²) in [4.78, 5) is 25.1. The molecule has 2 N–H and O–H groups in total. The first-order valence-corrected chi connectivity index (χ1v) is 12.6. The van der Waals surface area contributed by atoms with Crippen molar-refractivity contribution in [2.45, 2.75) is 18.6 Å². The first kappa shape index (κ1) is 25.3. The van der Waals surface area contributed by atoms with Crippen LogP contribution in [0.15, 0.2) is 84.0 Å². The molecule has 0 spiro atoms. The number of thioether (sulfide) groups is 1. The van der Waals surface area contributed by atoms with Gasteiger partial charge >= 0.3 is 0 Å². The van der Waals surface area contributed by atoms with Crippen molar-refractivity contribution in [3.63, 3.8) is 0 Å². The fraction of sp³-hybridized carbons (Fsp3) is 0.154. The summed E-state index contributed by atoms with van der Waals surface area (Å²) in [5.74, 6) is 0.953. The molecule has 0 aliphatic carbocycles. The molecular weight excluding hydrogens is 498 g/mol. The second-order valence-electron chi connectivity index (χ2n) is 7.56. The first-order chi connectivity index (χ1) is 17.5. The summed E-state index contributed by atoms with van der Waals surface area (Å²) in [5, 5.41) is 15.3. The number of anilines is 1. The Bertz CT molecular complexity index is 1330. The van der Waals surface area contributed by atoms with E-state index >= 15 is 0 Å². The summed E-state index contributed by atoms with van der Waals surface area (Å²) >= 11 is 7.45. The van der Waals surface area contributed by atoms with Gasteiger partial charge in [-0.15, -0.1) is 10.2 Å². The number of carbonyl (C=O) groups excluding carboxylic acids is 2. The molecule has 8 nitrogen and oxygen atoms in total. The molecule has 10 heteroatoms. The largest absolute Gasteiger partial charge is 0.494 e. The van der Waals surface area contributed by atoms with Crippen molar-refractivity contribution >= 4 is 40.9 Å². The monoisotopic (exact) mass is 521 g/mol. The van der Waals surface area contributed by atoms with Crippen LogP contribution in [0.5, 0.6) is 5.75 Å². The maximum absolute atomic E-state index is 12.6. The molecule has 0 aliphatic heterocycles. The summed E-state index contributed by atoms with van der Waals surface area (Å²) in [5.41, 5.74) is 1.95. The van der Waals surface area contributed by atoms with Crippen LogP contribution in [0.25, 0.3) is 5.69 Å². The molecule has 0 radical (unpaired) electrons. The normalized spacial score (nSPS) is 10.6. The number of rotatable bonds is 10. The van der Waals surface area contributed by atoms with E-state index in [0.717, 1.165) is 11.4 Å². The van der Waals surface area contributed by atoms with E-state index in [4.69, 9.17) is 16.3 Å². The number of amides is 2. The molecule has 184 valence electrons. The van der Waals surface area contributed by atoms with E-state index in [1.54, 1.807) is 65.2 Å². The van der Waals surface area contributed by atoms with Gasteiger partial charge in [-0.2, -0.15) is 0 Å². The quantitative estimate of drug-likeness (QED) is 0.286. The molecule has 1 aromatic heterocycles. The zero-order chi connectivity index (χ0) is 25.3. The van der Waals surface area contributed by atoms with Gasteiger partial charge in [0.05, 0.1) is 24.6 Å². The van der Waals surface area contributed by atoms with Gasteiger partial charge in [0.1, 0.15) is 5.75 Å². The van der Waals surface area contributed by atoms with Gasteiger partial charge in [-0.05, 0) is 61.5 Å². The molecule has 0 saturated carbocycles. The van der Waals surface area contributed by atoms with Gasteiger partial charge in [0.25, 0.3) is 5.91 Å². The molecular formula is C26H24ClN5O3S. The molecule has 4 aromatic rings. The zero-order valence-electron chi connectivity index (χ0n) is 19.5. The van der Waals surface area contributed by atoms with Crippen LogP contribution in [0.3, 0.4) is 0 Å². The third-order valence-corrected chi connectivity index (χ3v) is 6.16. The lowest BCUT2D eigenvalue weighted by molar-refractivity contribution is -0.113. The van der Waals surface area contributed by atoms with Crippen molar-refractivity contribution in [1.29, 1.82) is 0 Å². The van der Waals surface area contributed by atoms with Crippen LogP contribution in [0.2, 0.25) is 5.02 Å². The number of ether oxygens (including phenoxy) is 1. The molecule has 0 fully saturated rings. The molecule has 0 unspecified atom stereocenters. The standard InChI is InChI=1S/C26H24ClN5O3S/c1-2-35-22-13-11-20(12-14-22)29-24(33)17-36-26-31-30-23(32(26)21-10-6-9-19(27)15-21)16-28-25(34)18-7-4-3-5-8-18/h3-15H,2,16-17H2,1H3,(H,28,34)(H,29,33). The van der Waals surface area contributed by atoms with Crippen molar-refractivity contribution in [3.8, 4) is 11.4 Å². The van der Waals surface area contributed by atoms with Crippen LogP contribution in [0.4, 0.5) is 5.69 Å². The van der Waals surface area contributed by atoms with E-state index in [1.807, 2.05) is 25.1 Å². The topological polar surface area (TPSA) is 98.1 Å². The molecule has 0 saturated heterocycles. The summed E-state index contributed by atoms with van der Waals surface area (Å²) in [7, 11) is 0. The lowest BCUT2D eigenvalue weighted by Crippen LogP contribution is -2.24. The van der Waals surface area contributed by atoms with Crippen LogP contribution in [0, 0.1) is 0 Å². The molecule has 2 amide bonds. The third kappa shape index (κ3) is 6.65. The molecule has 0 atom stereocenters. The lowest BCUT2D eigenvalue weighted by Gasteiger charge is -2.12. The van der Waals surface area contributed by atoms with Gasteiger partial charge in [0, 0.05) is 16.3 Å². The summed E-state index contributed by atoms with van der Waals surface area (Å²) in [6, 6.07) is 23.3. The van der Waals surface area contributed by atoms with E-state index in [0.29, 0.717) is 33.9 Å². The Labute approximate surface area is 218 Å². The molecule has 36 heavy (non-hydrogen) atoms. The minimum atomic E-state index is -0.222. The highest BCUT2D eigenvalue weighted by Gasteiger charge is 2.17. The van der Waals surface area contributed by atoms with Gasteiger partial charge in [-0.1, -0.05) is 47.6 Å². The fourth-order valence-electron chi connectivity index (χ4n) is 3.36. The minimum absolute atomic E-state index is 0.113. The predicted molar refractivity (Wildman–Crippen MR) is 141 cm³/mol. The van der Waals surface area contributed by atoms with Crippen molar-refractivity contribution < 1.29 is 14.3 Å². The number of benzene rings is 3. The number of hydrogen-bond acceptors (Lipinski definition) is 6. The van der Waals surface area contributed by atoms with Crippen LogP contribution in [0.1, 0.15) is 23.1 Å². The van der Waals surface area contributed by atoms with Gasteiger partial charge in [0.2, 0.25) is 5.91 Å². The van der Waals surface area contributed by atoms with Crippen molar-refractivity contribution in [2.75, 3.05) is 17.7 Å². The highest BCUT2D eigenvalue weighted by atomic mass is 35.5.